The lowest BCUT2D eigenvalue weighted by atomic mass is 10.0. The van der Waals surface area contributed by atoms with Gasteiger partial charge in [0.15, 0.2) is 0 Å². The van der Waals surface area contributed by atoms with Crippen LogP contribution in [0.3, 0.4) is 0 Å². The second-order valence-electron chi connectivity index (χ2n) is 5.38. The van der Waals surface area contributed by atoms with Gasteiger partial charge in [-0.15, -0.1) is 0 Å². The van der Waals surface area contributed by atoms with Crippen molar-refractivity contribution in [3.63, 3.8) is 0 Å². The lowest BCUT2D eigenvalue weighted by molar-refractivity contribution is -0.136. The van der Waals surface area contributed by atoms with E-state index in [1.807, 2.05) is 12.1 Å². The fourth-order valence-corrected chi connectivity index (χ4v) is 2.21. The molecule has 1 aromatic carbocycles. The molecule has 0 aromatic heterocycles. The molecule has 1 saturated carbocycles. The number of benzene rings is 1. The third-order valence-electron chi connectivity index (χ3n) is 3.70. The van der Waals surface area contributed by atoms with Crippen molar-refractivity contribution in [2.75, 3.05) is 6.54 Å². The van der Waals surface area contributed by atoms with E-state index in [1.54, 1.807) is 12.1 Å². The molecule has 3 N–H and O–H groups in total. The van der Waals surface area contributed by atoms with Crippen LogP contribution in [0.1, 0.15) is 24.5 Å². The van der Waals surface area contributed by atoms with Crippen molar-refractivity contribution < 1.29 is 14.7 Å². The van der Waals surface area contributed by atoms with Crippen LogP contribution in [0.2, 0.25) is 0 Å². The van der Waals surface area contributed by atoms with E-state index in [4.69, 9.17) is 5.11 Å². The van der Waals surface area contributed by atoms with Crippen molar-refractivity contribution in [1.29, 1.82) is 0 Å². The summed E-state index contributed by atoms with van der Waals surface area (Å²) in [5.74, 6) is 0.455. The highest BCUT2D eigenvalue weighted by Crippen LogP contribution is 2.36. The molecule has 1 aliphatic carbocycles. The molecule has 5 heteroatoms. The van der Waals surface area contributed by atoms with Crippen molar-refractivity contribution in [3.8, 4) is 0 Å². The summed E-state index contributed by atoms with van der Waals surface area (Å²) in [6.45, 7) is 3.23. The predicted octanol–water partition coefficient (Wildman–Crippen LogP) is 1.77. The molecule has 2 rings (SSSR count). The average molecular weight is 276 g/mol. The van der Waals surface area contributed by atoms with Gasteiger partial charge in [0, 0.05) is 13.1 Å². The first-order valence-corrected chi connectivity index (χ1v) is 6.86. The van der Waals surface area contributed by atoms with Crippen LogP contribution in [0.15, 0.2) is 24.3 Å². The molecule has 0 radical (unpaired) electrons. The Morgan fingerprint density at radius 3 is 2.50 bits per heavy atom. The number of aliphatic carboxylic acids is 1. The Morgan fingerprint density at radius 2 is 1.90 bits per heavy atom. The molecule has 1 aliphatic rings. The molecule has 2 atom stereocenters. The molecule has 0 heterocycles. The zero-order valence-electron chi connectivity index (χ0n) is 11.6. The summed E-state index contributed by atoms with van der Waals surface area (Å²) in [4.78, 5) is 22.4. The number of carboxylic acid groups (broad SMARTS) is 1. The van der Waals surface area contributed by atoms with E-state index in [9.17, 15) is 9.59 Å². The number of hydrogen-bond donors (Lipinski definition) is 3. The smallest absolute Gasteiger partial charge is 0.315 e. The third-order valence-corrected chi connectivity index (χ3v) is 3.70. The molecule has 1 aromatic rings. The first kappa shape index (κ1) is 14.4. The summed E-state index contributed by atoms with van der Waals surface area (Å²) in [6.07, 6.45) is 1.15. The number of nitrogens with one attached hydrogen (secondary N) is 2. The number of carboxylic acids is 1. The summed E-state index contributed by atoms with van der Waals surface area (Å²) in [6, 6.07) is 7.05. The summed E-state index contributed by atoms with van der Waals surface area (Å²) in [5.41, 5.74) is 1.57. The Balaban J connectivity index is 1.80. The molecule has 1 fully saturated rings. The topological polar surface area (TPSA) is 78.4 Å². The Kier molecular flexibility index (Phi) is 4.61. The molecule has 0 spiro atoms. The normalized spacial score (nSPS) is 20.2. The van der Waals surface area contributed by atoms with E-state index < -0.39 is 5.97 Å². The van der Waals surface area contributed by atoms with Crippen LogP contribution in [0.5, 0.6) is 0 Å². The molecule has 5 nitrogen and oxygen atoms in total. The Hall–Kier alpha value is -2.04. The van der Waals surface area contributed by atoms with Crippen LogP contribution >= 0.6 is 0 Å². The van der Waals surface area contributed by atoms with E-state index in [-0.39, 0.29) is 12.5 Å². The number of rotatable bonds is 6. The van der Waals surface area contributed by atoms with Crippen molar-refractivity contribution in [2.45, 2.75) is 26.3 Å². The van der Waals surface area contributed by atoms with E-state index in [0.717, 1.165) is 11.1 Å². The van der Waals surface area contributed by atoms with Gasteiger partial charge in [0.2, 0.25) is 0 Å². The van der Waals surface area contributed by atoms with Gasteiger partial charge in [0.1, 0.15) is 0 Å². The van der Waals surface area contributed by atoms with Gasteiger partial charge in [-0.25, -0.2) is 4.79 Å². The van der Waals surface area contributed by atoms with Gasteiger partial charge in [0.25, 0.3) is 0 Å². The lowest BCUT2D eigenvalue weighted by Gasteiger charge is -2.10. The first-order valence-electron chi connectivity index (χ1n) is 6.86. The minimum absolute atomic E-state index is 0.0287. The zero-order chi connectivity index (χ0) is 14.5. The van der Waals surface area contributed by atoms with Crippen LogP contribution in [-0.4, -0.2) is 23.7 Å². The first-order chi connectivity index (χ1) is 9.56. The summed E-state index contributed by atoms with van der Waals surface area (Å²) in [7, 11) is 0. The molecular formula is C15H20N2O3. The van der Waals surface area contributed by atoms with Crippen LogP contribution in [0.25, 0.3) is 0 Å². The fourth-order valence-electron chi connectivity index (χ4n) is 2.21. The number of hydrogen-bond acceptors (Lipinski definition) is 2. The number of urea groups is 1. The molecule has 20 heavy (non-hydrogen) atoms. The molecular weight excluding hydrogens is 256 g/mol. The molecule has 0 aliphatic heterocycles. The van der Waals surface area contributed by atoms with Crippen molar-refractivity contribution >= 4 is 12.0 Å². The summed E-state index contributed by atoms with van der Waals surface area (Å²) >= 11 is 0. The van der Waals surface area contributed by atoms with E-state index >= 15 is 0 Å². The highest BCUT2D eigenvalue weighted by Gasteiger charge is 2.32. The van der Waals surface area contributed by atoms with E-state index in [0.29, 0.717) is 24.9 Å². The van der Waals surface area contributed by atoms with Gasteiger partial charge < -0.3 is 15.7 Å². The van der Waals surface area contributed by atoms with Crippen molar-refractivity contribution in [2.24, 2.45) is 11.8 Å². The fraction of sp³-hybridized carbons (Fsp3) is 0.467. The summed E-state index contributed by atoms with van der Waals surface area (Å²) < 4.78 is 0. The molecule has 2 unspecified atom stereocenters. The average Bonchev–Trinajstić information content (AvgIpc) is 3.11. The Morgan fingerprint density at radius 1 is 1.25 bits per heavy atom. The molecule has 0 saturated heterocycles. The molecule has 2 amide bonds. The number of carbonyl (C=O) groups is 2. The lowest BCUT2D eigenvalue weighted by Crippen LogP contribution is -2.36. The maximum Gasteiger partial charge on any atom is 0.315 e. The number of carbonyl (C=O) groups excluding carboxylic acids is 1. The monoisotopic (exact) mass is 276 g/mol. The van der Waals surface area contributed by atoms with Gasteiger partial charge in [0.05, 0.1) is 6.42 Å². The van der Waals surface area contributed by atoms with Gasteiger partial charge in [-0.2, -0.15) is 0 Å². The molecule has 108 valence electrons. The largest absolute Gasteiger partial charge is 0.481 e. The van der Waals surface area contributed by atoms with E-state index in [2.05, 4.69) is 17.6 Å². The summed E-state index contributed by atoms with van der Waals surface area (Å²) in [5, 5.41) is 14.5. The van der Waals surface area contributed by atoms with Crippen molar-refractivity contribution in [1.82, 2.24) is 10.6 Å². The Bertz CT molecular complexity index is 502. The van der Waals surface area contributed by atoms with Gasteiger partial charge in [-0.1, -0.05) is 31.2 Å². The highest BCUT2D eigenvalue weighted by atomic mass is 16.4. The number of amides is 2. The second kappa shape index (κ2) is 6.41. The predicted molar refractivity (Wildman–Crippen MR) is 75.3 cm³/mol. The van der Waals surface area contributed by atoms with Crippen LogP contribution in [-0.2, 0) is 17.8 Å². The third kappa shape index (κ3) is 4.26. The SMILES string of the molecule is CC1CC1CNC(=O)NCc1ccccc1CC(=O)O. The highest BCUT2D eigenvalue weighted by molar-refractivity contribution is 5.74. The van der Waals surface area contributed by atoms with E-state index in [1.165, 1.54) is 6.42 Å². The quantitative estimate of drug-likeness (QED) is 0.741. The molecule has 0 bridgehead atoms. The van der Waals surface area contributed by atoms with Crippen LogP contribution < -0.4 is 10.6 Å². The standard InChI is InChI=1S/C15H20N2O3/c1-10-6-13(10)9-17-15(20)16-8-12-5-3-2-4-11(12)7-14(18)19/h2-5,10,13H,6-9H2,1H3,(H,18,19)(H2,16,17,20). The van der Waals surface area contributed by atoms with Crippen LogP contribution in [0, 0.1) is 11.8 Å². The van der Waals surface area contributed by atoms with Crippen LogP contribution in [0.4, 0.5) is 4.79 Å². The maximum absolute atomic E-state index is 11.7. The van der Waals surface area contributed by atoms with Gasteiger partial charge >= 0.3 is 12.0 Å². The van der Waals surface area contributed by atoms with Crippen molar-refractivity contribution in [3.05, 3.63) is 35.4 Å². The minimum atomic E-state index is -0.871. The van der Waals surface area contributed by atoms with Gasteiger partial charge in [-0.3, -0.25) is 4.79 Å². The maximum atomic E-state index is 11.7. The minimum Gasteiger partial charge on any atom is -0.481 e. The second-order valence-corrected chi connectivity index (χ2v) is 5.38. The zero-order valence-corrected chi connectivity index (χ0v) is 11.6. The van der Waals surface area contributed by atoms with Gasteiger partial charge in [-0.05, 0) is 29.4 Å². The Labute approximate surface area is 118 Å².